The maximum absolute atomic E-state index is 13.2. The summed E-state index contributed by atoms with van der Waals surface area (Å²) in [5.41, 5.74) is 0.697. The minimum absolute atomic E-state index is 0.0556. The van der Waals surface area contributed by atoms with Crippen molar-refractivity contribution < 1.29 is 8.81 Å². The van der Waals surface area contributed by atoms with E-state index in [1.807, 2.05) is 0 Å². The maximum atomic E-state index is 13.2. The molecule has 1 unspecified atom stereocenters. The predicted molar refractivity (Wildman–Crippen MR) is 78.7 cm³/mol. The molecule has 0 aliphatic carbocycles. The molecule has 0 saturated heterocycles. The average Bonchev–Trinajstić information content (AvgIpc) is 2.92. The van der Waals surface area contributed by atoms with E-state index in [1.54, 1.807) is 12.1 Å². The van der Waals surface area contributed by atoms with E-state index >= 15 is 0 Å². The highest BCUT2D eigenvalue weighted by Crippen LogP contribution is 2.26. The minimum Gasteiger partial charge on any atom is -0.419 e. The Morgan fingerprint density at radius 3 is 2.80 bits per heavy atom. The molecule has 2 rings (SSSR count). The van der Waals surface area contributed by atoms with Gasteiger partial charge in [0.05, 0.1) is 10.5 Å². The van der Waals surface area contributed by atoms with Gasteiger partial charge < -0.3 is 9.73 Å². The van der Waals surface area contributed by atoms with Gasteiger partial charge in [-0.25, -0.2) is 4.39 Å². The van der Waals surface area contributed by atoms with Crippen molar-refractivity contribution >= 4 is 15.9 Å². The SMILES string of the molecule is CCCNC(CC)c1nnc(-c2ccc(F)c(Br)c2)o1. The Kier molecular flexibility index (Phi) is 5.25. The first-order valence-corrected chi connectivity index (χ1v) is 7.47. The summed E-state index contributed by atoms with van der Waals surface area (Å²) >= 11 is 3.15. The summed E-state index contributed by atoms with van der Waals surface area (Å²) in [4.78, 5) is 0. The van der Waals surface area contributed by atoms with Crippen molar-refractivity contribution in [2.24, 2.45) is 0 Å². The highest BCUT2D eigenvalue weighted by Gasteiger charge is 2.17. The third-order valence-electron chi connectivity index (χ3n) is 2.95. The van der Waals surface area contributed by atoms with Gasteiger partial charge in [-0.15, -0.1) is 10.2 Å². The first kappa shape index (κ1) is 15.1. The van der Waals surface area contributed by atoms with Crippen LogP contribution < -0.4 is 5.32 Å². The summed E-state index contributed by atoms with van der Waals surface area (Å²) in [6.07, 6.45) is 1.91. The molecule has 1 aromatic carbocycles. The van der Waals surface area contributed by atoms with Crippen molar-refractivity contribution in [3.8, 4) is 11.5 Å². The molecule has 1 heterocycles. The summed E-state index contributed by atoms with van der Waals surface area (Å²) in [7, 11) is 0. The first-order valence-electron chi connectivity index (χ1n) is 6.67. The number of nitrogens with zero attached hydrogens (tertiary/aromatic N) is 2. The van der Waals surface area contributed by atoms with E-state index in [0.717, 1.165) is 19.4 Å². The predicted octanol–water partition coefficient (Wildman–Crippen LogP) is 4.09. The van der Waals surface area contributed by atoms with Crippen LogP contribution in [0.5, 0.6) is 0 Å². The molecule has 0 saturated carbocycles. The third-order valence-corrected chi connectivity index (χ3v) is 3.56. The molecule has 0 radical (unpaired) electrons. The lowest BCUT2D eigenvalue weighted by Crippen LogP contribution is -2.21. The van der Waals surface area contributed by atoms with E-state index in [0.29, 0.717) is 21.8 Å². The first-order chi connectivity index (χ1) is 9.65. The Balaban J connectivity index is 2.20. The van der Waals surface area contributed by atoms with Gasteiger partial charge >= 0.3 is 0 Å². The quantitative estimate of drug-likeness (QED) is 0.859. The summed E-state index contributed by atoms with van der Waals surface area (Å²) in [6, 6.07) is 4.68. The molecule has 0 amide bonds. The fourth-order valence-corrected chi connectivity index (χ4v) is 2.22. The molecule has 6 heteroatoms. The number of hydrogen-bond donors (Lipinski definition) is 1. The van der Waals surface area contributed by atoms with E-state index in [2.05, 4.69) is 45.3 Å². The van der Waals surface area contributed by atoms with Gasteiger partial charge in [0, 0.05) is 5.56 Å². The number of halogens is 2. The number of nitrogens with one attached hydrogen (secondary N) is 1. The Bertz CT molecular complexity index is 573. The van der Waals surface area contributed by atoms with Crippen LogP contribution in [0.4, 0.5) is 4.39 Å². The zero-order valence-corrected chi connectivity index (χ0v) is 13.1. The Morgan fingerprint density at radius 1 is 1.35 bits per heavy atom. The molecular weight excluding hydrogens is 325 g/mol. The topological polar surface area (TPSA) is 51.0 Å². The summed E-state index contributed by atoms with van der Waals surface area (Å²) in [6.45, 7) is 5.07. The van der Waals surface area contributed by atoms with Crippen LogP contribution in [0, 0.1) is 5.82 Å². The molecule has 1 atom stereocenters. The molecule has 0 fully saturated rings. The van der Waals surface area contributed by atoms with E-state index < -0.39 is 0 Å². The van der Waals surface area contributed by atoms with Gasteiger partial charge in [-0.05, 0) is 53.5 Å². The molecule has 20 heavy (non-hydrogen) atoms. The monoisotopic (exact) mass is 341 g/mol. The second-order valence-corrected chi connectivity index (χ2v) is 5.34. The van der Waals surface area contributed by atoms with Crippen molar-refractivity contribution in [2.45, 2.75) is 32.7 Å². The Hall–Kier alpha value is -1.27. The van der Waals surface area contributed by atoms with Crippen LogP contribution in [0.2, 0.25) is 0 Å². The fourth-order valence-electron chi connectivity index (χ4n) is 1.85. The normalized spacial score (nSPS) is 12.6. The van der Waals surface area contributed by atoms with Gasteiger partial charge in [-0.1, -0.05) is 13.8 Å². The lowest BCUT2D eigenvalue weighted by Gasteiger charge is -2.11. The largest absolute Gasteiger partial charge is 0.419 e. The molecule has 0 aliphatic rings. The molecule has 108 valence electrons. The lowest BCUT2D eigenvalue weighted by atomic mass is 10.2. The zero-order chi connectivity index (χ0) is 14.5. The maximum Gasteiger partial charge on any atom is 0.247 e. The van der Waals surface area contributed by atoms with Crippen molar-refractivity contribution in [3.05, 3.63) is 34.4 Å². The molecule has 0 spiro atoms. The number of benzene rings is 1. The van der Waals surface area contributed by atoms with Gasteiger partial charge in [0.1, 0.15) is 5.82 Å². The number of rotatable bonds is 6. The summed E-state index contributed by atoms with van der Waals surface area (Å²) in [5.74, 6) is 0.651. The standard InChI is InChI=1S/C14H17BrFN3O/c1-3-7-17-12(4-2)14-19-18-13(20-14)9-5-6-11(16)10(15)8-9/h5-6,8,12,17H,3-4,7H2,1-2H3. The summed E-state index contributed by atoms with van der Waals surface area (Å²) < 4.78 is 19.3. The molecule has 1 aromatic heterocycles. The van der Waals surface area contributed by atoms with Crippen LogP contribution in [0.1, 0.15) is 38.6 Å². The van der Waals surface area contributed by atoms with Gasteiger partial charge in [0.25, 0.3) is 0 Å². The van der Waals surface area contributed by atoms with Gasteiger partial charge in [0.2, 0.25) is 11.8 Å². The molecule has 0 aliphatic heterocycles. The van der Waals surface area contributed by atoms with Gasteiger partial charge in [-0.3, -0.25) is 0 Å². The second-order valence-electron chi connectivity index (χ2n) is 4.49. The van der Waals surface area contributed by atoms with Crippen LogP contribution in [-0.4, -0.2) is 16.7 Å². The zero-order valence-electron chi connectivity index (χ0n) is 11.5. The van der Waals surface area contributed by atoms with Crippen LogP contribution >= 0.6 is 15.9 Å². The fraction of sp³-hybridized carbons (Fsp3) is 0.429. The third kappa shape index (κ3) is 3.43. The number of hydrogen-bond acceptors (Lipinski definition) is 4. The molecule has 1 N–H and O–H groups in total. The smallest absolute Gasteiger partial charge is 0.247 e. The summed E-state index contributed by atoms with van der Waals surface area (Å²) in [5, 5.41) is 11.5. The van der Waals surface area contributed by atoms with E-state index in [9.17, 15) is 4.39 Å². The number of aromatic nitrogens is 2. The molecule has 2 aromatic rings. The van der Waals surface area contributed by atoms with E-state index in [1.165, 1.54) is 6.07 Å². The second kappa shape index (κ2) is 6.95. The Labute approximate surface area is 125 Å². The Morgan fingerprint density at radius 2 is 2.15 bits per heavy atom. The van der Waals surface area contributed by atoms with Crippen molar-refractivity contribution in [1.29, 1.82) is 0 Å². The highest BCUT2D eigenvalue weighted by molar-refractivity contribution is 9.10. The molecule has 4 nitrogen and oxygen atoms in total. The van der Waals surface area contributed by atoms with Crippen LogP contribution in [-0.2, 0) is 0 Å². The van der Waals surface area contributed by atoms with Crippen LogP contribution in [0.3, 0.4) is 0 Å². The minimum atomic E-state index is -0.315. The van der Waals surface area contributed by atoms with E-state index in [4.69, 9.17) is 4.42 Å². The van der Waals surface area contributed by atoms with Crippen LogP contribution in [0.25, 0.3) is 11.5 Å². The van der Waals surface area contributed by atoms with Gasteiger partial charge in [0.15, 0.2) is 0 Å². The average molecular weight is 342 g/mol. The lowest BCUT2D eigenvalue weighted by molar-refractivity contribution is 0.396. The molecular formula is C14H17BrFN3O. The molecule has 0 bridgehead atoms. The van der Waals surface area contributed by atoms with Crippen LogP contribution in [0.15, 0.2) is 27.1 Å². The van der Waals surface area contributed by atoms with Crippen molar-refractivity contribution in [3.63, 3.8) is 0 Å². The van der Waals surface area contributed by atoms with E-state index in [-0.39, 0.29) is 11.9 Å². The van der Waals surface area contributed by atoms with Gasteiger partial charge in [-0.2, -0.15) is 0 Å². The van der Waals surface area contributed by atoms with Crippen molar-refractivity contribution in [1.82, 2.24) is 15.5 Å². The highest BCUT2D eigenvalue weighted by atomic mass is 79.9. The van der Waals surface area contributed by atoms with Crippen molar-refractivity contribution in [2.75, 3.05) is 6.54 Å².